The molecule has 2 unspecified atom stereocenters. The maximum Gasteiger partial charge on any atom is 0.220 e. The van der Waals surface area contributed by atoms with Crippen molar-refractivity contribution in [1.82, 2.24) is 10.6 Å². The first-order valence-corrected chi connectivity index (χ1v) is 8.37. The summed E-state index contributed by atoms with van der Waals surface area (Å²) in [4.78, 5) is 12.2. The van der Waals surface area contributed by atoms with Crippen molar-refractivity contribution in [2.24, 2.45) is 5.92 Å². The molecule has 2 heterocycles. The fourth-order valence-corrected chi connectivity index (χ4v) is 3.95. The van der Waals surface area contributed by atoms with Crippen molar-refractivity contribution in [3.05, 3.63) is 28.8 Å². The van der Waals surface area contributed by atoms with Crippen LogP contribution in [0.15, 0.2) is 18.2 Å². The van der Waals surface area contributed by atoms with Gasteiger partial charge in [0.15, 0.2) is 0 Å². The lowest BCUT2D eigenvalue weighted by Crippen LogP contribution is -2.39. The lowest BCUT2D eigenvalue weighted by atomic mass is 9.89. The minimum atomic E-state index is 0.119. The molecule has 0 radical (unpaired) electrons. The van der Waals surface area contributed by atoms with Crippen molar-refractivity contribution in [3.8, 4) is 5.75 Å². The molecule has 120 valence electrons. The highest BCUT2D eigenvalue weighted by Gasteiger charge is 2.34. The van der Waals surface area contributed by atoms with Crippen molar-refractivity contribution in [2.75, 3.05) is 7.11 Å². The zero-order valence-electron chi connectivity index (χ0n) is 12.9. The lowest BCUT2D eigenvalue weighted by Gasteiger charge is -2.28. The van der Waals surface area contributed by atoms with E-state index in [4.69, 9.17) is 16.3 Å². The molecule has 2 atom stereocenters. The van der Waals surface area contributed by atoms with E-state index < -0.39 is 0 Å². The standard InChI is InChI=1S/C17H23ClN2O2/c1-22-16-5-2-13(18)9-12(16)10-19-17(21)8-11-6-14-3-4-15(7-11)20-14/h2,5,9,11,14-15,20H,3-4,6-8,10H2,1H3,(H,19,21). The van der Waals surface area contributed by atoms with E-state index in [1.807, 2.05) is 12.1 Å². The molecule has 2 fully saturated rings. The summed E-state index contributed by atoms with van der Waals surface area (Å²) >= 11 is 6.01. The van der Waals surface area contributed by atoms with Crippen LogP contribution in [0.2, 0.25) is 5.02 Å². The number of carbonyl (C=O) groups is 1. The van der Waals surface area contributed by atoms with Crippen LogP contribution in [0.5, 0.6) is 5.75 Å². The summed E-state index contributed by atoms with van der Waals surface area (Å²) in [7, 11) is 1.62. The van der Waals surface area contributed by atoms with Gasteiger partial charge in [0.25, 0.3) is 0 Å². The maximum atomic E-state index is 12.2. The number of hydrogen-bond donors (Lipinski definition) is 2. The number of methoxy groups -OCH3 is 1. The largest absolute Gasteiger partial charge is 0.496 e. The molecular formula is C17H23ClN2O2. The average molecular weight is 323 g/mol. The second-order valence-electron chi connectivity index (χ2n) is 6.41. The molecule has 0 aliphatic carbocycles. The molecule has 0 saturated carbocycles. The molecule has 5 heteroatoms. The molecule has 22 heavy (non-hydrogen) atoms. The Labute approximate surface area is 136 Å². The maximum absolute atomic E-state index is 12.2. The summed E-state index contributed by atoms with van der Waals surface area (Å²) in [6.07, 6.45) is 5.41. The van der Waals surface area contributed by atoms with Crippen molar-refractivity contribution in [1.29, 1.82) is 0 Å². The van der Waals surface area contributed by atoms with Crippen molar-refractivity contribution >= 4 is 17.5 Å². The topological polar surface area (TPSA) is 50.4 Å². The first kappa shape index (κ1) is 15.6. The smallest absolute Gasteiger partial charge is 0.220 e. The second-order valence-corrected chi connectivity index (χ2v) is 6.85. The molecule has 1 aromatic rings. The fourth-order valence-electron chi connectivity index (χ4n) is 3.76. The van der Waals surface area contributed by atoms with Crippen LogP contribution < -0.4 is 15.4 Å². The van der Waals surface area contributed by atoms with Crippen LogP contribution in [0, 0.1) is 5.92 Å². The van der Waals surface area contributed by atoms with Crippen LogP contribution >= 0.6 is 11.6 Å². The predicted molar refractivity (Wildman–Crippen MR) is 87.1 cm³/mol. The number of hydrogen-bond acceptors (Lipinski definition) is 3. The van der Waals surface area contributed by atoms with Gasteiger partial charge in [0.2, 0.25) is 5.91 Å². The molecule has 2 aliphatic heterocycles. The second kappa shape index (κ2) is 6.88. The Morgan fingerprint density at radius 2 is 2.09 bits per heavy atom. The first-order valence-electron chi connectivity index (χ1n) is 7.99. The number of rotatable bonds is 5. The van der Waals surface area contributed by atoms with Crippen LogP contribution in [0.1, 0.15) is 37.7 Å². The van der Waals surface area contributed by atoms with Crippen molar-refractivity contribution < 1.29 is 9.53 Å². The number of nitrogens with one attached hydrogen (secondary N) is 2. The van der Waals surface area contributed by atoms with E-state index >= 15 is 0 Å². The van der Waals surface area contributed by atoms with E-state index in [-0.39, 0.29) is 5.91 Å². The van der Waals surface area contributed by atoms with Gasteiger partial charge in [-0.05, 0) is 49.8 Å². The van der Waals surface area contributed by atoms with Crippen molar-refractivity contribution in [2.45, 2.75) is 50.7 Å². The van der Waals surface area contributed by atoms with E-state index in [1.54, 1.807) is 13.2 Å². The first-order chi connectivity index (χ1) is 10.6. The SMILES string of the molecule is COc1ccc(Cl)cc1CNC(=O)CC1CC2CCC(C1)N2. The summed E-state index contributed by atoms with van der Waals surface area (Å²) in [6, 6.07) is 6.71. The lowest BCUT2D eigenvalue weighted by molar-refractivity contribution is -0.122. The zero-order valence-corrected chi connectivity index (χ0v) is 13.7. The van der Waals surface area contributed by atoms with Crippen molar-refractivity contribution in [3.63, 3.8) is 0 Å². The minimum Gasteiger partial charge on any atom is -0.496 e. The van der Waals surface area contributed by atoms with E-state index in [0.29, 0.717) is 36.0 Å². The van der Waals surface area contributed by atoms with E-state index in [9.17, 15) is 4.79 Å². The molecule has 1 aromatic carbocycles. The molecule has 0 aromatic heterocycles. The molecule has 2 bridgehead atoms. The van der Waals surface area contributed by atoms with Gasteiger partial charge in [-0.3, -0.25) is 4.79 Å². The zero-order chi connectivity index (χ0) is 15.5. The van der Waals surface area contributed by atoms with Gasteiger partial charge in [-0.2, -0.15) is 0 Å². The fraction of sp³-hybridized carbons (Fsp3) is 0.588. The molecular weight excluding hydrogens is 300 g/mol. The number of carbonyl (C=O) groups excluding carboxylic acids is 1. The Morgan fingerprint density at radius 3 is 2.77 bits per heavy atom. The van der Waals surface area contributed by atoms with Crippen LogP contribution in [0.3, 0.4) is 0 Å². The van der Waals surface area contributed by atoms with Crippen LogP contribution in [0.25, 0.3) is 0 Å². The van der Waals surface area contributed by atoms with Gasteiger partial charge >= 0.3 is 0 Å². The Kier molecular flexibility index (Phi) is 4.89. The van der Waals surface area contributed by atoms with Crippen LogP contribution in [-0.4, -0.2) is 25.1 Å². The van der Waals surface area contributed by atoms with Gasteiger partial charge in [0, 0.05) is 35.6 Å². The number of ether oxygens (including phenoxy) is 1. The molecule has 0 spiro atoms. The van der Waals surface area contributed by atoms with Gasteiger partial charge in [-0.25, -0.2) is 0 Å². The minimum absolute atomic E-state index is 0.119. The molecule has 3 rings (SSSR count). The van der Waals surface area contributed by atoms with Gasteiger partial charge in [-0.15, -0.1) is 0 Å². The highest BCUT2D eigenvalue weighted by atomic mass is 35.5. The normalized spacial score (nSPS) is 26.7. The number of amides is 1. The summed E-state index contributed by atoms with van der Waals surface area (Å²) < 4.78 is 5.30. The monoisotopic (exact) mass is 322 g/mol. The number of piperidine rings is 1. The summed E-state index contributed by atoms with van der Waals surface area (Å²) in [5.74, 6) is 1.39. The Hall–Kier alpha value is -1.26. The van der Waals surface area contributed by atoms with Gasteiger partial charge in [-0.1, -0.05) is 11.6 Å². The third kappa shape index (κ3) is 3.73. The summed E-state index contributed by atoms with van der Waals surface area (Å²) in [5, 5.41) is 7.26. The van der Waals surface area contributed by atoms with E-state index in [2.05, 4.69) is 10.6 Å². The third-order valence-electron chi connectivity index (χ3n) is 4.76. The predicted octanol–water partition coefficient (Wildman–Crippen LogP) is 2.89. The van der Waals surface area contributed by atoms with Gasteiger partial charge < -0.3 is 15.4 Å². The van der Waals surface area contributed by atoms with E-state index in [0.717, 1.165) is 24.2 Å². The average Bonchev–Trinajstić information content (AvgIpc) is 2.84. The highest BCUT2D eigenvalue weighted by molar-refractivity contribution is 6.30. The van der Waals surface area contributed by atoms with Crippen LogP contribution in [-0.2, 0) is 11.3 Å². The summed E-state index contributed by atoms with van der Waals surface area (Å²) in [6.45, 7) is 0.459. The molecule has 2 N–H and O–H groups in total. The number of benzene rings is 1. The number of halogens is 1. The number of fused-ring (bicyclic) bond motifs is 2. The quantitative estimate of drug-likeness (QED) is 0.876. The molecule has 2 saturated heterocycles. The van der Waals surface area contributed by atoms with Gasteiger partial charge in [0.1, 0.15) is 5.75 Å². The third-order valence-corrected chi connectivity index (χ3v) is 5.00. The van der Waals surface area contributed by atoms with Crippen LogP contribution in [0.4, 0.5) is 0 Å². The van der Waals surface area contributed by atoms with E-state index in [1.165, 1.54) is 12.8 Å². The van der Waals surface area contributed by atoms with Gasteiger partial charge in [0.05, 0.1) is 7.11 Å². The Balaban J connectivity index is 1.51. The Morgan fingerprint density at radius 1 is 1.36 bits per heavy atom. The Bertz CT molecular complexity index is 537. The molecule has 1 amide bonds. The summed E-state index contributed by atoms with van der Waals surface area (Å²) in [5.41, 5.74) is 0.911. The molecule has 2 aliphatic rings. The highest BCUT2D eigenvalue weighted by Crippen LogP contribution is 2.32. The molecule has 4 nitrogen and oxygen atoms in total.